The van der Waals surface area contributed by atoms with E-state index in [1.54, 1.807) is 4.90 Å². The van der Waals surface area contributed by atoms with Crippen LogP contribution in [-0.2, 0) is 9.59 Å². The van der Waals surface area contributed by atoms with Gasteiger partial charge >= 0.3 is 0 Å². The number of nitrogens with zero attached hydrogens (tertiary/aromatic N) is 3. The molecule has 2 amide bonds. The second kappa shape index (κ2) is 9.10. The number of hydrogen-bond donors (Lipinski definition) is 1. The highest BCUT2D eigenvalue weighted by Gasteiger charge is 2.36. The van der Waals surface area contributed by atoms with Gasteiger partial charge in [0.2, 0.25) is 11.8 Å². The zero-order chi connectivity index (χ0) is 22.0. The van der Waals surface area contributed by atoms with Crippen LogP contribution < -0.4 is 15.1 Å². The van der Waals surface area contributed by atoms with Gasteiger partial charge in [-0.1, -0.05) is 31.2 Å². The van der Waals surface area contributed by atoms with Gasteiger partial charge in [-0.2, -0.15) is 0 Å². The zero-order valence-electron chi connectivity index (χ0n) is 18.7. The molecule has 4 rings (SSSR count). The predicted octanol–water partition coefficient (Wildman–Crippen LogP) is 3.44. The van der Waals surface area contributed by atoms with Gasteiger partial charge < -0.3 is 20.0 Å². The van der Waals surface area contributed by atoms with E-state index >= 15 is 0 Å². The number of nitrogens with one attached hydrogen (secondary N) is 1. The molecule has 6 nitrogen and oxygen atoms in total. The standard InChI is InChI=1S/C25H32N4O2/c1-4-27-12-14-28(15-13-27)23-10-6-5-9-21(23)26-25(31)20-16-24(30)29(17-20)22-11-7-8-18(2)19(22)3/h5-11,20H,4,12-17H2,1-3H3,(H,26,31). The van der Waals surface area contributed by atoms with Crippen LogP contribution in [0.15, 0.2) is 42.5 Å². The van der Waals surface area contributed by atoms with E-state index < -0.39 is 0 Å². The summed E-state index contributed by atoms with van der Waals surface area (Å²) < 4.78 is 0. The number of likely N-dealkylation sites (N-methyl/N-ethyl adjacent to an activating group) is 1. The van der Waals surface area contributed by atoms with E-state index in [-0.39, 0.29) is 24.2 Å². The Balaban J connectivity index is 1.46. The van der Waals surface area contributed by atoms with Crippen LogP contribution in [0, 0.1) is 19.8 Å². The summed E-state index contributed by atoms with van der Waals surface area (Å²) in [5.41, 5.74) is 5.04. The van der Waals surface area contributed by atoms with Gasteiger partial charge in [-0.25, -0.2) is 0 Å². The fourth-order valence-electron chi connectivity index (χ4n) is 4.54. The fourth-order valence-corrected chi connectivity index (χ4v) is 4.54. The van der Waals surface area contributed by atoms with Gasteiger partial charge in [0.25, 0.3) is 0 Å². The first-order valence-corrected chi connectivity index (χ1v) is 11.2. The van der Waals surface area contributed by atoms with E-state index in [4.69, 9.17) is 0 Å². The molecule has 2 aliphatic heterocycles. The molecule has 2 aliphatic rings. The Kier molecular flexibility index (Phi) is 6.28. The van der Waals surface area contributed by atoms with Crippen molar-refractivity contribution in [3.05, 3.63) is 53.6 Å². The van der Waals surface area contributed by atoms with Crippen molar-refractivity contribution in [3.8, 4) is 0 Å². The zero-order valence-corrected chi connectivity index (χ0v) is 18.7. The van der Waals surface area contributed by atoms with Crippen molar-refractivity contribution in [3.63, 3.8) is 0 Å². The van der Waals surface area contributed by atoms with Crippen LogP contribution in [0.5, 0.6) is 0 Å². The summed E-state index contributed by atoms with van der Waals surface area (Å²) in [5, 5.41) is 3.12. The molecule has 0 bridgehead atoms. The molecule has 31 heavy (non-hydrogen) atoms. The lowest BCUT2D eigenvalue weighted by atomic mass is 10.1. The third kappa shape index (κ3) is 4.44. The first-order chi connectivity index (χ1) is 15.0. The third-order valence-electron chi connectivity index (χ3n) is 6.68. The lowest BCUT2D eigenvalue weighted by molar-refractivity contribution is -0.122. The number of carbonyl (C=O) groups is 2. The van der Waals surface area contributed by atoms with Crippen LogP contribution in [0.2, 0.25) is 0 Å². The van der Waals surface area contributed by atoms with Gasteiger partial charge in [-0.05, 0) is 49.7 Å². The largest absolute Gasteiger partial charge is 0.367 e. The first kappa shape index (κ1) is 21.4. The van der Waals surface area contributed by atoms with Gasteiger partial charge in [0.05, 0.1) is 17.3 Å². The molecule has 2 heterocycles. The van der Waals surface area contributed by atoms with Crippen molar-refractivity contribution < 1.29 is 9.59 Å². The Bertz CT molecular complexity index is 966. The topological polar surface area (TPSA) is 55.9 Å². The van der Waals surface area contributed by atoms with E-state index in [1.165, 1.54) is 0 Å². The van der Waals surface area contributed by atoms with E-state index in [2.05, 4.69) is 28.1 Å². The van der Waals surface area contributed by atoms with Crippen LogP contribution in [-0.4, -0.2) is 56.0 Å². The molecule has 1 N–H and O–H groups in total. The maximum atomic E-state index is 13.1. The van der Waals surface area contributed by atoms with Crippen LogP contribution in [0.3, 0.4) is 0 Å². The van der Waals surface area contributed by atoms with Gasteiger partial charge in [-0.15, -0.1) is 0 Å². The predicted molar refractivity (Wildman–Crippen MR) is 126 cm³/mol. The Morgan fingerprint density at radius 1 is 1.00 bits per heavy atom. The lowest BCUT2D eigenvalue weighted by Crippen LogP contribution is -2.46. The highest BCUT2D eigenvalue weighted by molar-refractivity contribution is 6.04. The van der Waals surface area contributed by atoms with Crippen LogP contribution in [0.25, 0.3) is 0 Å². The average molecular weight is 421 g/mol. The lowest BCUT2D eigenvalue weighted by Gasteiger charge is -2.36. The maximum Gasteiger partial charge on any atom is 0.229 e. The number of carbonyl (C=O) groups excluding carboxylic acids is 2. The molecule has 2 aromatic rings. The maximum absolute atomic E-state index is 13.1. The molecular weight excluding hydrogens is 388 g/mol. The molecule has 0 radical (unpaired) electrons. The van der Waals surface area contributed by atoms with Gasteiger partial charge in [0.15, 0.2) is 0 Å². The number of benzene rings is 2. The monoisotopic (exact) mass is 420 g/mol. The average Bonchev–Trinajstić information content (AvgIpc) is 3.18. The molecule has 6 heteroatoms. The Morgan fingerprint density at radius 2 is 1.71 bits per heavy atom. The van der Waals surface area contributed by atoms with E-state index in [0.29, 0.717) is 6.54 Å². The second-order valence-electron chi connectivity index (χ2n) is 8.55. The normalized spacial score (nSPS) is 19.7. The number of para-hydroxylation sites is 2. The van der Waals surface area contributed by atoms with Crippen molar-refractivity contribution in [1.29, 1.82) is 0 Å². The molecule has 1 atom stereocenters. The van der Waals surface area contributed by atoms with Crippen LogP contribution in [0.4, 0.5) is 17.1 Å². The van der Waals surface area contributed by atoms with Crippen molar-refractivity contribution in [1.82, 2.24) is 4.90 Å². The van der Waals surface area contributed by atoms with Gasteiger partial charge in [0, 0.05) is 44.8 Å². The molecule has 2 fully saturated rings. The molecular formula is C25H32N4O2. The molecule has 0 saturated carbocycles. The number of rotatable bonds is 5. The smallest absolute Gasteiger partial charge is 0.229 e. The van der Waals surface area contributed by atoms with Gasteiger partial charge in [-0.3, -0.25) is 9.59 Å². The first-order valence-electron chi connectivity index (χ1n) is 11.2. The Hall–Kier alpha value is -2.86. The number of amides is 2. The summed E-state index contributed by atoms with van der Waals surface area (Å²) in [6.07, 6.45) is 0.247. The number of hydrogen-bond acceptors (Lipinski definition) is 4. The summed E-state index contributed by atoms with van der Waals surface area (Å²) in [6, 6.07) is 14.0. The number of anilines is 3. The summed E-state index contributed by atoms with van der Waals surface area (Å²) in [7, 11) is 0. The number of piperazine rings is 1. The van der Waals surface area contributed by atoms with Crippen LogP contribution >= 0.6 is 0 Å². The molecule has 0 aromatic heterocycles. The molecule has 164 valence electrons. The summed E-state index contributed by atoms with van der Waals surface area (Å²) in [6.45, 7) is 11.7. The van der Waals surface area contributed by atoms with E-state index in [9.17, 15) is 9.59 Å². The summed E-state index contributed by atoms with van der Waals surface area (Å²) in [4.78, 5) is 32.4. The van der Waals surface area contributed by atoms with Crippen molar-refractivity contribution in [2.75, 3.05) is 54.4 Å². The Labute approximate surface area is 184 Å². The van der Waals surface area contributed by atoms with Crippen molar-refractivity contribution in [2.24, 2.45) is 5.92 Å². The quantitative estimate of drug-likeness (QED) is 0.805. The number of aryl methyl sites for hydroxylation is 1. The molecule has 0 aliphatic carbocycles. The van der Waals surface area contributed by atoms with Crippen molar-refractivity contribution in [2.45, 2.75) is 27.2 Å². The minimum atomic E-state index is -0.350. The van der Waals surface area contributed by atoms with Gasteiger partial charge in [0.1, 0.15) is 0 Å². The van der Waals surface area contributed by atoms with Crippen LogP contribution in [0.1, 0.15) is 24.5 Å². The van der Waals surface area contributed by atoms with E-state index in [1.807, 2.05) is 50.2 Å². The minimum absolute atomic E-state index is 0.0119. The fraction of sp³-hybridized carbons (Fsp3) is 0.440. The highest BCUT2D eigenvalue weighted by atomic mass is 16.2. The summed E-state index contributed by atoms with van der Waals surface area (Å²) in [5.74, 6) is -0.420. The Morgan fingerprint density at radius 3 is 2.45 bits per heavy atom. The summed E-state index contributed by atoms with van der Waals surface area (Å²) >= 11 is 0. The highest BCUT2D eigenvalue weighted by Crippen LogP contribution is 2.31. The molecule has 0 spiro atoms. The minimum Gasteiger partial charge on any atom is -0.367 e. The van der Waals surface area contributed by atoms with Crippen molar-refractivity contribution >= 4 is 28.9 Å². The molecule has 2 aromatic carbocycles. The molecule has 2 saturated heterocycles. The molecule has 1 unspecified atom stereocenters. The third-order valence-corrected chi connectivity index (χ3v) is 6.68. The second-order valence-corrected chi connectivity index (χ2v) is 8.55. The van der Waals surface area contributed by atoms with E-state index in [0.717, 1.165) is 60.9 Å². The SMILES string of the molecule is CCN1CCN(c2ccccc2NC(=O)C2CC(=O)N(c3cccc(C)c3C)C2)CC1.